The fraction of sp³-hybridized carbons (Fsp3) is 0.344. The lowest BCUT2D eigenvalue weighted by Gasteiger charge is -2.26. The van der Waals surface area contributed by atoms with Crippen LogP contribution in [0.5, 0.6) is 23.1 Å². The van der Waals surface area contributed by atoms with Gasteiger partial charge in [0.25, 0.3) is 0 Å². The molecule has 1 aliphatic heterocycles. The van der Waals surface area contributed by atoms with E-state index in [1.165, 1.54) is 18.5 Å². The number of nitrogens with one attached hydrogen (secondary N) is 2. The molecule has 5 rings (SSSR count). The van der Waals surface area contributed by atoms with Crippen LogP contribution in [0.3, 0.4) is 0 Å². The second-order valence-electron chi connectivity index (χ2n) is 10.4. The maximum absolute atomic E-state index is 13.6. The van der Waals surface area contributed by atoms with E-state index in [0.29, 0.717) is 85.4 Å². The van der Waals surface area contributed by atoms with Crippen molar-refractivity contribution in [2.24, 2.45) is 0 Å². The number of aromatic nitrogens is 2. The van der Waals surface area contributed by atoms with Crippen molar-refractivity contribution in [1.29, 1.82) is 0 Å². The number of rotatable bonds is 13. The van der Waals surface area contributed by atoms with Gasteiger partial charge in [0.1, 0.15) is 24.5 Å². The molecular formula is C32H33F4N5O6. The van der Waals surface area contributed by atoms with Gasteiger partial charge < -0.3 is 34.3 Å². The van der Waals surface area contributed by atoms with E-state index in [2.05, 4.69) is 25.5 Å². The molecule has 0 atom stereocenters. The molecular weight excluding hydrogens is 626 g/mol. The highest BCUT2D eigenvalue weighted by Gasteiger charge is 2.34. The van der Waals surface area contributed by atoms with Crippen LogP contribution in [0.4, 0.5) is 33.7 Å². The number of nitrogens with zero attached hydrogens (tertiary/aromatic N) is 3. The van der Waals surface area contributed by atoms with Crippen molar-refractivity contribution in [3.63, 3.8) is 0 Å². The summed E-state index contributed by atoms with van der Waals surface area (Å²) in [6.45, 7) is 5.22. The smallest absolute Gasteiger partial charge is 0.419 e. The first-order chi connectivity index (χ1) is 22.7. The second-order valence-corrected chi connectivity index (χ2v) is 10.4. The quantitative estimate of drug-likeness (QED) is 0.125. The monoisotopic (exact) mass is 659 g/mol. The summed E-state index contributed by atoms with van der Waals surface area (Å²) in [6, 6.07) is 11.1. The van der Waals surface area contributed by atoms with Gasteiger partial charge >= 0.3 is 12.2 Å². The number of urea groups is 1. The summed E-state index contributed by atoms with van der Waals surface area (Å²) in [5.74, 6) is 0.250. The zero-order valence-electron chi connectivity index (χ0n) is 25.4. The fourth-order valence-electron chi connectivity index (χ4n) is 4.67. The van der Waals surface area contributed by atoms with Crippen molar-refractivity contribution < 1.29 is 46.0 Å². The Morgan fingerprint density at radius 2 is 1.62 bits per heavy atom. The molecule has 0 radical (unpaired) electrons. The van der Waals surface area contributed by atoms with Crippen LogP contribution in [-0.2, 0) is 15.7 Å². The number of ether oxygens (including phenoxy) is 5. The molecule has 1 fully saturated rings. The molecule has 47 heavy (non-hydrogen) atoms. The highest BCUT2D eigenvalue weighted by molar-refractivity contribution is 5.99. The minimum Gasteiger partial charge on any atom is -0.490 e. The first kappa shape index (κ1) is 33.6. The van der Waals surface area contributed by atoms with Gasteiger partial charge in [-0.25, -0.2) is 19.2 Å². The summed E-state index contributed by atoms with van der Waals surface area (Å²) < 4.78 is 81.3. The number of hydrogen-bond acceptors (Lipinski definition) is 9. The van der Waals surface area contributed by atoms with Crippen LogP contribution in [0.25, 0.3) is 10.9 Å². The van der Waals surface area contributed by atoms with Gasteiger partial charge in [0.15, 0.2) is 11.5 Å². The number of alkyl halides is 3. The number of carbonyl (C=O) groups excluding carboxylic acids is 1. The van der Waals surface area contributed by atoms with E-state index in [9.17, 15) is 22.4 Å². The van der Waals surface area contributed by atoms with Crippen LogP contribution in [0, 0.1) is 5.82 Å². The zero-order chi connectivity index (χ0) is 33.2. The molecule has 0 spiro atoms. The van der Waals surface area contributed by atoms with E-state index in [0.717, 1.165) is 25.7 Å². The SMILES string of the molecule is COCCCOc1cc2c(Oc3ccc(NC(=O)Nc4ccc(F)c(C(F)(F)F)c4)cc3)ncnc2cc1OCCN1CCOCC1. The van der Waals surface area contributed by atoms with Gasteiger partial charge in [-0.15, -0.1) is 0 Å². The van der Waals surface area contributed by atoms with Gasteiger partial charge in [0.2, 0.25) is 5.88 Å². The van der Waals surface area contributed by atoms with E-state index < -0.39 is 23.6 Å². The third-order valence-corrected chi connectivity index (χ3v) is 7.04. The van der Waals surface area contributed by atoms with Crippen LogP contribution >= 0.6 is 0 Å². The van der Waals surface area contributed by atoms with Crippen LogP contribution in [0.2, 0.25) is 0 Å². The minimum absolute atomic E-state index is 0.223. The molecule has 2 amide bonds. The fourth-order valence-corrected chi connectivity index (χ4v) is 4.67. The molecule has 0 unspecified atom stereocenters. The summed E-state index contributed by atoms with van der Waals surface area (Å²) in [5, 5.41) is 5.35. The Morgan fingerprint density at radius 1 is 0.915 bits per heavy atom. The molecule has 4 aromatic rings. The van der Waals surface area contributed by atoms with Gasteiger partial charge in [-0.2, -0.15) is 13.2 Å². The average Bonchev–Trinajstić information content (AvgIpc) is 3.05. The molecule has 0 bridgehead atoms. The van der Waals surface area contributed by atoms with E-state index in [4.69, 9.17) is 23.7 Å². The maximum atomic E-state index is 13.6. The van der Waals surface area contributed by atoms with Crippen molar-refractivity contribution in [2.75, 3.05) is 70.4 Å². The topological polar surface area (TPSA) is 116 Å². The molecule has 11 nitrogen and oxygen atoms in total. The Morgan fingerprint density at radius 3 is 2.36 bits per heavy atom. The highest BCUT2D eigenvalue weighted by atomic mass is 19.4. The molecule has 1 aromatic heterocycles. The van der Waals surface area contributed by atoms with Gasteiger partial charge in [0.05, 0.1) is 36.3 Å². The number of carbonyl (C=O) groups is 1. The Labute approximate surface area is 267 Å². The van der Waals surface area contributed by atoms with Crippen LogP contribution in [-0.4, -0.2) is 80.7 Å². The van der Waals surface area contributed by atoms with Crippen molar-refractivity contribution in [3.8, 4) is 23.1 Å². The molecule has 250 valence electrons. The van der Waals surface area contributed by atoms with Crippen LogP contribution in [0.15, 0.2) is 60.9 Å². The van der Waals surface area contributed by atoms with E-state index in [-0.39, 0.29) is 11.6 Å². The third kappa shape index (κ3) is 9.40. The van der Waals surface area contributed by atoms with Crippen LogP contribution < -0.4 is 24.8 Å². The molecule has 2 N–H and O–H groups in total. The lowest BCUT2D eigenvalue weighted by atomic mass is 10.2. The molecule has 15 heteroatoms. The third-order valence-electron chi connectivity index (χ3n) is 7.04. The maximum Gasteiger partial charge on any atom is 0.419 e. The van der Waals surface area contributed by atoms with Crippen molar-refractivity contribution in [3.05, 3.63) is 72.3 Å². The highest BCUT2D eigenvalue weighted by Crippen LogP contribution is 2.37. The molecule has 0 aliphatic carbocycles. The Balaban J connectivity index is 1.26. The van der Waals surface area contributed by atoms with Gasteiger partial charge in [0, 0.05) is 57.2 Å². The summed E-state index contributed by atoms with van der Waals surface area (Å²) in [5.41, 5.74) is -0.804. The predicted molar refractivity (Wildman–Crippen MR) is 165 cm³/mol. The Hall–Kier alpha value is -4.73. The zero-order valence-corrected chi connectivity index (χ0v) is 25.4. The molecule has 2 heterocycles. The second kappa shape index (κ2) is 15.7. The summed E-state index contributed by atoms with van der Waals surface area (Å²) in [6.07, 6.45) is -2.86. The Kier molecular flexibility index (Phi) is 11.2. The number of benzene rings is 3. The molecule has 0 saturated carbocycles. The van der Waals surface area contributed by atoms with Gasteiger partial charge in [-0.05, 0) is 48.5 Å². The first-order valence-electron chi connectivity index (χ1n) is 14.8. The number of fused-ring (bicyclic) bond motifs is 1. The lowest BCUT2D eigenvalue weighted by Crippen LogP contribution is -2.38. The summed E-state index contributed by atoms with van der Waals surface area (Å²) in [7, 11) is 1.62. The number of anilines is 2. The standard InChI is InChI=1S/C32H33F4N5O6/c1-43-12-2-13-45-28-18-24-27(19-29(28)46-16-11-41-9-14-44-15-10-41)37-20-38-30(24)47-23-6-3-21(4-7-23)39-31(42)40-22-5-8-26(33)25(17-22)32(34,35)36/h3-8,17-20H,2,9-16H2,1H3,(H2,39,40,42). The number of hydrogen-bond donors (Lipinski definition) is 2. The van der Waals surface area contributed by atoms with Gasteiger partial charge in [-0.1, -0.05) is 0 Å². The summed E-state index contributed by atoms with van der Waals surface area (Å²) in [4.78, 5) is 23.3. The minimum atomic E-state index is -4.90. The average molecular weight is 660 g/mol. The lowest BCUT2D eigenvalue weighted by molar-refractivity contribution is -0.139. The van der Waals surface area contributed by atoms with E-state index >= 15 is 0 Å². The number of methoxy groups -OCH3 is 1. The van der Waals surface area contributed by atoms with Crippen molar-refractivity contribution in [1.82, 2.24) is 14.9 Å². The normalized spacial score (nSPS) is 13.7. The van der Waals surface area contributed by atoms with Crippen molar-refractivity contribution >= 4 is 28.3 Å². The van der Waals surface area contributed by atoms with E-state index in [1.54, 1.807) is 31.4 Å². The number of amides is 2. The first-order valence-corrected chi connectivity index (χ1v) is 14.8. The number of morpholine rings is 1. The molecule has 1 saturated heterocycles. The largest absolute Gasteiger partial charge is 0.490 e. The predicted octanol–water partition coefficient (Wildman–Crippen LogP) is 6.35. The van der Waals surface area contributed by atoms with E-state index in [1.807, 2.05) is 0 Å². The van der Waals surface area contributed by atoms with Crippen molar-refractivity contribution in [2.45, 2.75) is 12.6 Å². The Bertz CT molecular complexity index is 1650. The van der Waals surface area contributed by atoms with Gasteiger partial charge in [-0.3, -0.25) is 4.90 Å². The van der Waals surface area contributed by atoms with Crippen LogP contribution in [0.1, 0.15) is 12.0 Å². The molecule has 1 aliphatic rings. The summed E-state index contributed by atoms with van der Waals surface area (Å²) >= 11 is 0. The molecule has 3 aromatic carbocycles. The number of halogens is 4.